The molecule has 2 atom stereocenters. The Morgan fingerprint density at radius 3 is 2.33 bits per heavy atom. The summed E-state index contributed by atoms with van der Waals surface area (Å²) in [7, 11) is 0. The summed E-state index contributed by atoms with van der Waals surface area (Å²) in [5.74, 6) is 0.556. The third kappa shape index (κ3) is 1.33. The molecule has 1 aliphatic heterocycles. The predicted octanol–water partition coefficient (Wildman–Crippen LogP) is 3.59. The number of piperidine rings is 1. The van der Waals surface area contributed by atoms with Gasteiger partial charge in [-0.1, -0.05) is 42.5 Å². The van der Waals surface area contributed by atoms with Gasteiger partial charge in [-0.25, -0.2) is 0 Å². The van der Waals surface area contributed by atoms with Crippen molar-refractivity contribution in [3.8, 4) is 0 Å². The van der Waals surface area contributed by atoms with E-state index >= 15 is 0 Å². The molecular formula is C12H19Cl2N. The predicted molar refractivity (Wildman–Crippen MR) is 64.6 cm³/mol. The average Bonchev–Trinajstić information content (AvgIpc) is 2.80. The zero-order valence-corrected chi connectivity index (χ0v) is 10.7. The van der Waals surface area contributed by atoms with Crippen LogP contribution < -0.4 is 0 Å². The van der Waals surface area contributed by atoms with Gasteiger partial charge in [-0.3, -0.25) is 4.90 Å². The number of rotatable bonds is 1. The smallest absolute Gasteiger partial charge is 0.141 e. The van der Waals surface area contributed by atoms with Gasteiger partial charge in [-0.05, 0) is 38.8 Å². The molecule has 15 heavy (non-hydrogen) atoms. The summed E-state index contributed by atoms with van der Waals surface area (Å²) >= 11 is 13.1. The van der Waals surface area contributed by atoms with E-state index in [0.29, 0.717) is 5.92 Å². The van der Waals surface area contributed by atoms with Crippen molar-refractivity contribution in [2.24, 2.45) is 5.92 Å². The molecule has 3 aliphatic rings. The first kappa shape index (κ1) is 10.7. The Kier molecular flexibility index (Phi) is 2.50. The van der Waals surface area contributed by atoms with Crippen molar-refractivity contribution in [2.75, 3.05) is 13.1 Å². The van der Waals surface area contributed by atoms with E-state index < -0.39 is 4.33 Å². The molecule has 1 heterocycles. The summed E-state index contributed by atoms with van der Waals surface area (Å²) in [6.07, 6.45) is 9.15. The van der Waals surface area contributed by atoms with Gasteiger partial charge in [0.2, 0.25) is 0 Å². The van der Waals surface area contributed by atoms with E-state index in [1.807, 2.05) is 0 Å². The van der Waals surface area contributed by atoms with Gasteiger partial charge in [-0.2, -0.15) is 0 Å². The second-order valence-corrected chi connectivity index (χ2v) is 6.78. The van der Waals surface area contributed by atoms with Crippen molar-refractivity contribution in [3.63, 3.8) is 0 Å². The zero-order valence-electron chi connectivity index (χ0n) is 9.14. The Labute approximate surface area is 102 Å². The minimum Gasteiger partial charge on any atom is -0.294 e. The molecule has 0 amide bonds. The Balaban J connectivity index is 1.82. The minimum absolute atomic E-state index is 0.175. The molecule has 0 N–H and O–H groups in total. The summed E-state index contributed by atoms with van der Waals surface area (Å²) in [4.78, 5) is 2.61. The molecule has 0 spiro atoms. The quantitative estimate of drug-likeness (QED) is 0.641. The zero-order chi connectivity index (χ0) is 10.5. The summed E-state index contributed by atoms with van der Waals surface area (Å²) in [5, 5.41) is 0. The molecule has 0 aromatic carbocycles. The van der Waals surface area contributed by atoms with Crippen LogP contribution in [-0.4, -0.2) is 27.9 Å². The second-order valence-electron chi connectivity index (χ2n) is 5.39. The molecule has 0 unspecified atom stereocenters. The number of likely N-dealkylation sites (tertiary alicyclic amines) is 1. The van der Waals surface area contributed by atoms with E-state index in [0.717, 1.165) is 0 Å². The molecule has 1 nitrogen and oxygen atoms in total. The number of halogens is 2. The lowest BCUT2D eigenvalue weighted by Gasteiger charge is -2.38. The molecule has 2 saturated carbocycles. The van der Waals surface area contributed by atoms with Gasteiger partial charge in [0.1, 0.15) is 4.33 Å². The fourth-order valence-corrected chi connectivity index (χ4v) is 5.07. The molecule has 0 bridgehead atoms. The summed E-state index contributed by atoms with van der Waals surface area (Å²) < 4.78 is -0.430. The van der Waals surface area contributed by atoms with Crippen LogP contribution in [0.25, 0.3) is 0 Å². The van der Waals surface area contributed by atoms with E-state index in [4.69, 9.17) is 23.2 Å². The fourth-order valence-electron chi connectivity index (χ4n) is 3.90. The van der Waals surface area contributed by atoms with Gasteiger partial charge in [-0.15, -0.1) is 0 Å². The lowest BCUT2D eigenvalue weighted by atomic mass is 9.92. The highest BCUT2D eigenvalue weighted by Gasteiger charge is 2.77. The van der Waals surface area contributed by atoms with Crippen molar-refractivity contribution in [1.82, 2.24) is 4.90 Å². The molecule has 3 heteroatoms. The van der Waals surface area contributed by atoms with Crippen LogP contribution in [0.1, 0.15) is 44.9 Å². The molecule has 0 radical (unpaired) electrons. The number of nitrogens with zero attached hydrogens (tertiary/aromatic N) is 1. The lowest BCUT2D eigenvalue weighted by Crippen LogP contribution is -2.45. The largest absolute Gasteiger partial charge is 0.294 e. The van der Waals surface area contributed by atoms with Crippen LogP contribution in [0.3, 0.4) is 0 Å². The van der Waals surface area contributed by atoms with E-state index in [9.17, 15) is 0 Å². The maximum atomic E-state index is 6.53. The van der Waals surface area contributed by atoms with Crippen LogP contribution in [0, 0.1) is 5.92 Å². The van der Waals surface area contributed by atoms with E-state index in [2.05, 4.69) is 4.90 Å². The second kappa shape index (κ2) is 3.51. The van der Waals surface area contributed by atoms with Crippen molar-refractivity contribution in [2.45, 2.75) is 54.8 Å². The molecule has 3 rings (SSSR count). The first-order chi connectivity index (χ1) is 7.19. The normalized spacial score (nSPS) is 44.8. The van der Waals surface area contributed by atoms with Crippen LogP contribution in [0.4, 0.5) is 0 Å². The van der Waals surface area contributed by atoms with Gasteiger partial charge in [0.25, 0.3) is 0 Å². The maximum Gasteiger partial charge on any atom is 0.141 e. The Morgan fingerprint density at radius 1 is 0.933 bits per heavy atom. The van der Waals surface area contributed by atoms with Gasteiger partial charge in [0.05, 0.1) is 5.54 Å². The van der Waals surface area contributed by atoms with Crippen molar-refractivity contribution in [3.05, 3.63) is 0 Å². The van der Waals surface area contributed by atoms with E-state index in [-0.39, 0.29) is 5.54 Å². The van der Waals surface area contributed by atoms with Crippen LogP contribution in [-0.2, 0) is 0 Å². The SMILES string of the molecule is ClC1(Cl)[C@@H]2CCCC[C@@]21N1CCCCC1. The first-order valence-electron chi connectivity index (χ1n) is 6.32. The first-order valence-corrected chi connectivity index (χ1v) is 7.08. The van der Waals surface area contributed by atoms with Crippen LogP contribution >= 0.6 is 23.2 Å². The van der Waals surface area contributed by atoms with Gasteiger partial charge < -0.3 is 0 Å². The summed E-state index contributed by atoms with van der Waals surface area (Å²) in [5.41, 5.74) is 0.175. The Hall–Kier alpha value is 0.540. The summed E-state index contributed by atoms with van der Waals surface area (Å²) in [6.45, 7) is 2.44. The number of hydrogen-bond acceptors (Lipinski definition) is 1. The van der Waals surface area contributed by atoms with Crippen molar-refractivity contribution < 1.29 is 0 Å². The minimum atomic E-state index is -0.430. The number of fused-ring (bicyclic) bond motifs is 1. The molecule has 0 aromatic heterocycles. The standard InChI is InChI=1S/C12H19Cl2N/c13-12(14)10-6-2-3-7-11(10,12)15-8-4-1-5-9-15/h10H,1-9H2/t10-,11-/m1/s1. The van der Waals surface area contributed by atoms with Gasteiger partial charge in [0.15, 0.2) is 0 Å². The van der Waals surface area contributed by atoms with Gasteiger partial charge in [0, 0.05) is 5.92 Å². The Bertz CT molecular complexity index is 260. The molecule has 3 fully saturated rings. The third-order valence-corrected chi connectivity index (χ3v) is 5.91. The lowest BCUT2D eigenvalue weighted by molar-refractivity contribution is 0.109. The molecular weight excluding hydrogens is 229 g/mol. The van der Waals surface area contributed by atoms with E-state index in [1.54, 1.807) is 0 Å². The fraction of sp³-hybridized carbons (Fsp3) is 1.00. The van der Waals surface area contributed by atoms with Crippen molar-refractivity contribution in [1.29, 1.82) is 0 Å². The molecule has 2 aliphatic carbocycles. The molecule has 86 valence electrons. The highest BCUT2D eigenvalue weighted by molar-refractivity contribution is 6.52. The highest BCUT2D eigenvalue weighted by Crippen LogP contribution is 2.71. The third-order valence-electron chi connectivity index (χ3n) is 4.73. The topological polar surface area (TPSA) is 3.24 Å². The Morgan fingerprint density at radius 2 is 1.67 bits per heavy atom. The van der Waals surface area contributed by atoms with Crippen molar-refractivity contribution >= 4 is 23.2 Å². The molecule has 1 saturated heterocycles. The molecule has 0 aromatic rings. The number of alkyl halides is 2. The van der Waals surface area contributed by atoms with Crippen LogP contribution in [0.5, 0.6) is 0 Å². The van der Waals surface area contributed by atoms with Crippen LogP contribution in [0.15, 0.2) is 0 Å². The van der Waals surface area contributed by atoms with Gasteiger partial charge >= 0.3 is 0 Å². The maximum absolute atomic E-state index is 6.53. The highest BCUT2D eigenvalue weighted by atomic mass is 35.5. The van der Waals surface area contributed by atoms with E-state index in [1.165, 1.54) is 58.0 Å². The average molecular weight is 248 g/mol. The summed E-state index contributed by atoms with van der Waals surface area (Å²) in [6, 6.07) is 0. The monoisotopic (exact) mass is 247 g/mol. The van der Waals surface area contributed by atoms with Crippen LogP contribution in [0.2, 0.25) is 0 Å². The number of hydrogen-bond donors (Lipinski definition) is 0.